The minimum absolute atomic E-state index is 0.214. The average Bonchev–Trinajstić information content (AvgIpc) is 2.35. The predicted molar refractivity (Wildman–Crippen MR) is 62.9 cm³/mol. The lowest BCUT2D eigenvalue weighted by Gasteiger charge is -2.30. The van der Waals surface area contributed by atoms with E-state index in [9.17, 15) is 19.7 Å². The number of carbonyl (C=O) groups is 2. The number of hydrogen-bond acceptors (Lipinski definition) is 8. The molecule has 0 saturated carbocycles. The maximum Gasteiger partial charge on any atom is 0.303 e. The number of carbonyl (C=O) groups excluding carboxylic acids is 2. The molecule has 1 heterocycles. The second kappa shape index (κ2) is 6.96. The topological polar surface area (TPSA) is 114 Å². The van der Waals surface area contributed by atoms with E-state index in [2.05, 4.69) is 0 Å². The van der Waals surface area contributed by atoms with Crippen LogP contribution in [-0.2, 0) is 28.5 Å². The van der Waals surface area contributed by atoms with E-state index in [1.54, 1.807) is 0 Å². The standard InChI is InChI=1S/C11H15NO8/c1-6(13)18-5-10-9(19-7(2)14)4-8(12(15)16)11(17-3)20-10/h4,9-11H,5H2,1-3H3/t9-,10-,11+/m1/s1. The molecule has 0 aliphatic carbocycles. The molecule has 1 aliphatic heterocycles. The number of nitro groups is 1. The molecule has 9 nitrogen and oxygen atoms in total. The summed E-state index contributed by atoms with van der Waals surface area (Å²) < 4.78 is 19.8. The van der Waals surface area contributed by atoms with Crippen LogP contribution in [0.3, 0.4) is 0 Å². The SMILES string of the molecule is CO[C@H]1O[C@H](COC(C)=O)[C@H](OC(C)=O)C=C1[N+](=O)[O-]. The summed E-state index contributed by atoms with van der Waals surface area (Å²) in [6, 6.07) is 0. The predicted octanol–water partition coefficient (Wildman–Crippen LogP) is 0.0131. The summed E-state index contributed by atoms with van der Waals surface area (Å²) in [7, 11) is 1.23. The van der Waals surface area contributed by atoms with Crippen molar-refractivity contribution in [2.45, 2.75) is 32.3 Å². The van der Waals surface area contributed by atoms with Crippen LogP contribution in [0.2, 0.25) is 0 Å². The highest BCUT2D eigenvalue weighted by atomic mass is 16.7. The van der Waals surface area contributed by atoms with E-state index in [0.29, 0.717) is 0 Å². The zero-order valence-electron chi connectivity index (χ0n) is 11.2. The first-order chi connectivity index (χ1) is 9.35. The van der Waals surface area contributed by atoms with Gasteiger partial charge in [-0.15, -0.1) is 0 Å². The van der Waals surface area contributed by atoms with Crippen LogP contribution in [0.1, 0.15) is 13.8 Å². The molecule has 3 atom stereocenters. The van der Waals surface area contributed by atoms with Crippen molar-refractivity contribution in [3.8, 4) is 0 Å². The molecule has 20 heavy (non-hydrogen) atoms. The Bertz CT molecular complexity index is 432. The smallest absolute Gasteiger partial charge is 0.303 e. The molecule has 0 spiro atoms. The Kier molecular flexibility index (Phi) is 5.59. The van der Waals surface area contributed by atoms with E-state index < -0.39 is 35.4 Å². The minimum atomic E-state index is -1.22. The van der Waals surface area contributed by atoms with E-state index >= 15 is 0 Å². The lowest BCUT2D eigenvalue weighted by Crippen LogP contribution is -2.45. The molecule has 0 saturated heterocycles. The van der Waals surface area contributed by atoms with Crippen molar-refractivity contribution >= 4 is 11.9 Å². The normalized spacial score (nSPS) is 25.6. The number of nitrogens with zero attached hydrogens (tertiary/aromatic N) is 1. The number of rotatable bonds is 5. The van der Waals surface area contributed by atoms with Gasteiger partial charge < -0.3 is 18.9 Å². The highest BCUT2D eigenvalue weighted by Crippen LogP contribution is 2.23. The Morgan fingerprint density at radius 1 is 1.40 bits per heavy atom. The molecular weight excluding hydrogens is 274 g/mol. The van der Waals surface area contributed by atoms with Gasteiger partial charge in [0.15, 0.2) is 6.10 Å². The number of methoxy groups -OCH3 is 1. The van der Waals surface area contributed by atoms with Crippen LogP contribution in [0.15, 0.2) is 11.8 Å². The largest absolute Gasteiger partial charge is 0.463 e. The number of hydrogen-bond donors (Lipinski definition) is 0. The van der Waals surface area contributed by atoms with Crippen molar-refractivity contribution in [1.82, 2.24) is 0 Å². The van der Waals surface area contributed by atoms with Gasteiger partial charge in [-0.25, -0.2) is 0 Å². The average molecular weight is 289 g/mol. The lowest BCUT2D eigenvalue weighted by molar-refractivity contribution is -0.454. The fourth-order valence-corrected chi connectivity index (χ4v) is 1.62. The molecule has 0 unspecified atom stereocenters. The quantitative estimate of drug-likeness (QED) is 0.395. The van der Waals surface area contributed by atoms with Gasteiger partial charge in [-0.3, -0.25) is 19.7 Å². The second-order valence-electron chi connectivity index (χ2n) is 3.97. The molecule has 9 heteroatoms. The molecule has 1 aliphatic rings. The molecule has 0 amide bonds. The first kappa shape index (κ1) is 16.1. The Morgan fingerprint density at radius 2 is 2.05 bits per heavy atom. The first-order valence-electron chi connectivity index (χ1n) is 5.70. The van der Waals surface area contributed by atoms with Crippen molar-refractivity contribution in [1.29, 1.82) is 0 Å². The van der Waals surface area contributed by atoms with Crippen molar-refractivity contribution in [2.75, 3.05) is 13.7 Å². The highest BCUT2D eigenvalue weighted by Gasteiger charge is 2.40. The highest BCUT2D eigenvalue weighted by molar-refractivity contribution is 5.66. The number of ether oxygens (including phenoxy) is 4. The molecule has 0 N–H and O–H groups in total. The van der Waals surface area contributed by atoms with E-state index in [0.717, 1.165) is 13.0 Å². The van der Waals surface area contributed by atoms with E-state index in [1.807, 2.05) is 0 Å². The molecule has 0 radical (unpaired) electrons. The Morgan fingerprint density at radius 3 is 2.50 bits per heavy atom. The summed E-state index contributed by atoms with van der Waals surface area (Å²) in [6.45, 7) is 2.15. The van der Waals surface area contributed by atoms with Crippen LogP contribution < -0.4 is 0 Å². The van der Waals surface area contributed by atoms with Crippen molar-refractivity contribution < 1.29 is 33.5 Å². The zero-order valence-corrected chi connectivity index (χ0v) is 11.2. The van der Waals surface area contributed by atoms with Gasteiger partial charge in [-0.2, -0.15) is 0 Å². The van der Waals surface area contributed by atoms with Crippen molar-refractivity contribution in [3.05, 3.63) is 21.9 Å². The van der Waals surface area contributed by atoms with Gasteiger partial charge in [0, 0.05) is 27.0 Å². The fraction of sp³-hybridized carbons (Fsp3) is 0.636. The monoisotopic (exact) mass is 289 g/mol. The van der Waals surface area contributed by atoms with Crippen LogP contribution in [-0.4, -0.2) is 49.1 Å². The van der Waals surface area contributed by atoms with Gasteiger partial charge >= 0.3 is 17.6 Å². The van der Waals surface area contributed by atoms with Crippen LogP contribution in [0.25, 0.3) is 0 Å². The molecule has 0 bridgehead atoms. The molecule has 0 aromatic rings. The Hall–Kier alpha value is -2.00. The van der Waals surface area contributed by atoms with Gasteiger partial charge in [0.2, 0.25) is 0 Å². The Labute approximate surface area is 114 Å². The molecular formula is C11H15NO8. The Balaban J connectivity index is 2.94. The van der Waals surface area contributed by atoms with Crippen LogP contribution >= 0.6 is 0 Å². The third-order valence-corrected chi connectivity index (χ3v) is 2.42. The van der Waals surface area contributed by atoms with Crippen LogP contribution in [0.5, 0.6) is 0 Å². The zero-order chi connectivity index (χ0) is 15.3. The van der Waals surface area contributed by atoms with Gasteiger partial charge in [0.25, 0.3) is 6.29 Å². The summed E-state index contributed by atoms with van der Waals surface area (Å²) in [4.78, 5) is 32.0. The maximum atomic E-state index is 11.0. The number of esters is 2. The third-order valence-electron chi connectivity index (χ3n) is 2.42. The molecule has 0 fully saturated rings. The van der Waals surface area contributed by atoms with Gasteiger partial charge in [-0.1, -0.05) is 0 Å². The summed E-state index contributed by atoms with van der Waals surface area (Å²) in [5, 5.41) is 10.9. The third kappa shape index (κ3) is 4.28. The summed E-state index contributed by atoms with van der Waals surface area (Å²) in [5.74, 6) is -1.19. The lowest BCUT2D eigenvalue weighted by atomic mass is 10.1. The molecule has 0 aromatic carbocycles. The van der Waals surface area contributed by atoms with E-state index in [1.165, 1.54) is 14.0 Å². The van der Waals surface area contributed by atoms with Crippen LogP contribution in [0, 0.1) is 10.1 Å². The van der Waals surface area contributed by atoms with Gasteiger partial charge in [0.1, 0.15) is 12.7 Å². The summed E-state index contributed by atoms with van der Waals surface area (Å²) >= 11 is 0. The van der Waals surface area contributed by atoms with E-state index in [4.69, 9.17) is 18.9 Å². The van der Waals surface area contributed by atoms with Gasteiger partial charge in [-0.05, 0) is 0 Å². The molecule has 112 valence electrons. The minimum Gasteiger partial charge on any atom is -0.463 e. The second-order valence-corrected chi connectivity index (χ2v) is 3.97. The van der Waals surface area contributed by atoms with Crippen molar-refractivity contribution in [3.63, 3.8) is 0 Å². The summed E-state index contributed by atoms with van der Waals surface area (Å²) in [6.07, 6.45) is -2.01. The van der Waals surface area contributed by atoms with Gasteiger partial charge in [0.05, 0.1) is 4.92 Å². The maximum absolute atomic E-state index is 11.0. The van der Waals surface area contributed by atoms with Crippen LogP contribution in [0.4, 0.5) is 0 Å². The summed E-state index contributed by atoms with van der Waals surface area (Å²) in [5.41, 5.74) is -0.377. The van der Waals surface area contributed by atoms with E-state index in [-0.39, 0.29) is 12.3 Å². The molecule has 0 aromatic heterocycles. The van der Waals surface area contributed by atoms with Crippen molar-refractivity contribution in [2.24, 2.45) is 0 Å². The molecule has 1 rings (SSSR count). The first-order valence-corrected chi connectivity index (χ1v) is 5.70. The fourth-order valence-electron chi connectivity index (χ4n) is 1.62.